The molecule has 2 aromatic carbocycles. The van der Waals surface area contributed by atoms with Gasteiger partial charge in [-0.05, 0) is 38.1 Å². The third-order valence-corrected chi connectivity index (χ3v) is 5.75. The van der Waals surface area contributed by atoms with Gasteiger partial charge in [-0.3, -0.25) is 9.69 Å². The van der Waals surface area contributed by atoms with Crippen LogP contribution in [0.4, 0.5) is 5.69 Å². The molecule has 1 aliphatic heterocycles. The second-order valence-electron chi connectivity index (χ2n) is 8.51. The first-order valence-corrected chi connectivity index (χ1v) is 10.7. The van der Waals surface area contributed by atoms with Crippen LogP contribution in [0.25, 0.3) is 0 Å². The van der Waals surface area contributed by atoms with E-state index >= 15 is 0 Å². The second-order valence-corrected chi connectivity index (χ2v) is 8.51. The Morgan fingerprint density at radius 3 is 2.30 bits per heavy atom. The summed E-state index contributed by atoms with van der Waals surface area (Å²) in [5.41, 5.74) is 0.847. The fourth-order valence-corrected chi connectivity index (χ4v) is 4.63. The number of carboxylic acid groups (broad SMARTS) is 2. The van der Waals surface area contributed by atoms with Gasteiger partial charge in [0, 0.05) is 42.8 Å². The quantitative estimate of drug-likeness (QED) is 0.478. The second kappa shape index (κ2) is 9.46. The molecule has 3 rings (SSSR count). The number of hydrogen-bond donors (Lipinski definition) is 4. The highest BCUT2D eigenvalue weighted by atomic mass is 16.4. The van der Waals surface area contributed by atoms with Crippen molar-refractivity contribution in [2.75, 3.05) is 18.9 Å². The molecule has 0 radical (unpaired) electrons. The zero-order valence-electron chi connectivity index (χ0n) is 19.1. The Labute approximate surface area is 192 Å². The highest BCUT2D eigenvalue weighted by Gasteiger charge is 2.51. The maximum Gasteiger partial charge on any atom is 0.336 e. The summed E-state index contributed by atoms with van der Waals surface area (Å²) in [6, 6.07) is 15.4. The van der Waals surface area contributed by atoms with Gasteiger partial charge in [0.1, 0.15) is 0 Å². The summed E-state index contributed by atoms with van der Waals surface area (Å²) in [6.45, 7) is 5.54. The molecule has 4 N–H and O–H groups in total. The van der Waals surface area contributed by atoms with Crippen molar-refractivity contribution in [1.29, 1.82) is 0 Å². The van der Waals surface area contributed by atoms with Crippen LogP contribution < -0.4 is 10.6 Å². The molecule has 1 heterocycles. The Morgan fingerprint density at radius 1 is 1.09 bits per heavy atom. The van der Waals surface area contributed by atoms with E-state index in [1.165, 1.54) is 6.92 Å². The average molecular weight is 452 g/mol. The average Bonchev–Trinajstić information content (AvgIpc) is 2.73. The van der Waals surface area contributed by atoms with E-state index in [4.69, 9.17) is 0 Å². The maximum absolute atomic E-state index is 12.4. The van der Waals surface area contributed by atoms with E-state index in [1.807, 2.05) is 62.4 Å². The molecule has 1 aliphatic rings. The Morgan fingerprint density at radius 2 is 1.76 bits per heavy atom. The minimum absolute atomic E-state index is 0.00525. The molecule has 0 spiro atoms. The van der Waals surface area contributed by atoms with Crippen molar-refractivity contribution >= 4 is 23.5 Å². The minimum atomic E-state index is -1.70. The first kappa shape index (κ1) is 24.0. The molecule has 0 saturated carbocycles. The molecule has 2 unspecified atom stereocenters. The summed E-state index contributed by atoms with van der Waals surface area (Å²) in [4.78, 5) is 38.3. The van der Waals surface area contributed by atoms with E-state index in [1.54, 1.807) is 11.9 Å². The number of carboxylic acids is 2. The van der Waals surface area contributed by atoms with E-state index in [-0.39, 0.29) is 12.0 Å². The standard InChI is InChI=1S/C25H29N3O5/c1-15(2)26-21-12-8-11-18-19(17-9-6-5-7-10-17)14-28(4)25(23(18)21,27-16(3)29)20(24(32)33)13-22(30)31/h5-13,15,19,26H,14H2,1-4H3,(H,27,29)(H,30,31)(H,32,33). The molecule has 0 aliphatic carbocycles. The molecular formula is C25H29N3O5. The number of rotatable bonds is 7. The van der Waals surface area contributed by atoms with E-state index in [0.29, 0.717) is 23.9 Å². The Hall–Kier alpha value is -3.65. The lowest BCUT2D eigenvalue weighted by atomic mass is 9.74. The highest BCUT2D eigenvalue weighted by Crippen LogP contribution is 2.48. The van der Waals surface area contributed by atoms with Crippen molar-refractivity contribution in [3.63, 3.8) is 0 Å². The number of fused-ring (bicyclic) bond motifs is 1. The first-order chi connectivity index (χ1) is 15.6. The van der Waals surface area contributed by atoms with Gasteiger partial charge in [0.25, 0.3) is 0 Å². The number of likely N-dealkylation sites (N-methyl/N-ethyl adjacent to an activating group) is 1. The first-order valence-electron chi connectivity index (χ1n) is 10.7. The van der Waals surface area contributed by atoms with Crippen molar-refractivity contribution in [3.05, 3.63) is 76.9 Å². The van der Waals surface area contributed by atoms with Crippen molar-refractivity contribution in [2.24, 2.45) is 0 Å². The molecular weight excluding hydrogens is 422 g/mol. The number of amides is 1. The third kappa shape index (κ3) is 4.61. The molecule has 2 aromatic rings. The maximum atomic E-state index is 12.4. The number of hydrogen-bond acceptors (Lipinski definition) is 5. The zero-order valence-corrected chi connectivity index (χ0v) is 19.1. The van der Waals surface area contributed by atoms with Crippen LogP contribution in [0.5, 0.6) is 0 Å². The summed E-state index contributed by atoms with van der Waals surface area (Å²) in [5, 5.41) is 25.8. The van der Waals surface area contributed by atoms with Crippen LogP contribution in [-0.2, 0) is 20.0 Å². The normalized spacial score (nSPS) is 20.8. The lowest BCUT2D eigenvalue weighted by Crippen LogP contribution is -2.62. The van der Waals surface area contributed by atoms with Gasteiger partial charge >= 0.3 is 11.9 Å². The molecule has 0 saturated heterocycles. The van der Waals surface area contributed by atoms with E-state index < -0.39 is 29.1 Å². The number of carbonyl (C=O) groups excluding carboxylic acids is 1. The minimum Gasteiger partial charge on any atom is -0.478 e. The smallest absolute Gasteiger partial charge is 0.336 e. The number of anilines is 1. The molecule has 2 atom stereocenters. The van der Waals surface area contributed by atoms with Crippen molar-refractivity contribution in [2.45, 2.75) is 38.4 Å². The lowest BCUT2D eigenvalue weighted by Gasteiger charge is -2.50. The number of benzene rings is 2. The number of aliphatic carboxylic acids is 2. The summed E-state index contributed by atoms with van der Waals surface area (Å²) in [6.07, 6.45) is 0.660. The molecule has 1 amide bonds. The van der Waals surface area contributed by atoms with Gasteiger partial charge < -0.3 is 20.8 Å². The number of carbonyl (C=O) groups is 3. The third-order valence-electron chi connectivity index (χ3n) is 5.75. The van der Waals surface area contributed by atoms with Gasteiger partial charge in [0.15, 0.2) is 5.66 Å². The van der Waals surface area contributed by atoms with Crippen LogP contribution in [0.2, 0.25) is 0 Å². The SMILES string of the molecule is CC(=O)NC1(C(=CC(=O)O)C(=O)O)c2c(NC(C)C)cccc2C(c2ccccc2)CN1C. The topological polar surface area (TPSA) is 119 Å². The summed E-state index contributed by atoms with van der Waals surface area (Å²) in [7, 11) is 1.69. The summed E-state index contributed by atoms with van der Waals surface area (Å²) < 4.78 is 0. The van der Waals surface area contributed by atoms with Gasteiger partial charge in [-0.25, -0.2) is 9.59 Å². The van der Waals surface area contributed by atoms with E-state index in [9.17, 15) is 24.6 Å². The Balaban J connectivity index is 2.44. The van der Waals surface area contributed by atoms with Crippen LogP contribution >= 0.6 is 0 Å². The molecule has 8 heteroatoms. The largest absolute Gasteiger partial charge is 0.478 e. The molecule has 0 bridgehead atoms. The fourth-order valence-electron chi connectivity index (χ4n) is 4.63. The summed E-state index contributed by atoms with van der Waals surface area (Å²) in [5.74, 6) is -3.45. The lowest BCUT2D eigenvalue weighted by molar-refractivity contribution is -0.137. The molecule has 0 aromatic heterocycles. The van der Waals surface area contributed by atoms with Gasteiger partial charge in [-0.15, -0.1) is 0 Å². The van der Waals surface area contributed by atoms with Gasteiger partial charge in [-0.1, -0.05) is 42.5 Å². The van der Waals surface area contributed by atoms with Crippen LogP contribution in [0.15, 0.2) is 60.2 Å². The van der Waals surface area contributed by atoms with Crippen LogP contribution in [-0.4, -0.2) is 52.6 Å². The van der Waals surface area contributed by atoms with Crippen LogP contribution in [0.1, 0.15) is 43.4 Å². The monoisotopic (exact) mass is 451 g/mol. The van der Waals surface area contributed by atoms with Gasteiger partial charge in [0.2, 0.25) is 5.91 Å². The molecule has 174 valence electrons. The van der Waals surface area contributed by atoms with E-state index in [0.717, 1.165) is 11.1 Å². The zero-order chi connectivity index (χ0) is 24.3. The predicted molar refractivity (Wildman–Crippen MR) is 125 cm³/mol. The van der Waals surface area contributed by atoms with Crippen LogP contribution in [0, 0.1) is 0 Å². The van der Waals surface area contributed by atoms with Crippen molar-refractivity contribution in [3.8, 4) is 0 Å². The fraction of sp³-hybridized carbons (Fsp3) is 0.320. The molecule has 8 nitrogen and oxygen atoms in total. The van der Waals surface area contributed by atoms with E-state index in [2.05, 4.69) is 10.6 Å². The number of nitrogens with zero attached hydrogens (tertiary/aromatic N) is 1. The van der Waals surface area contributed by atoms with Crippen LogP contribution in [0.3, 0.4) is 0 Å². The molecule has 33 heavy (non-hydrogen) atoms. The highest BCUT2D eigenvalue weighted by molar-refractivity contribution is 5.98. The van der Waals surface area contributed by atoms with Gasteiger partial charge in [-0.2, -0.15) is 0 Å². The predicted octanol–water partition coefficient (Wildman–Crippen LogP) is 2.97. The molecule has 0 fully saturated rings. The Bertz CT molecular complexity index is 1100. The van der Waals surface area contributed by atoms with Crippen molar-refractivity contribution < 1.29 is 24.6 Å². The van der Waals surface area contributed by atoms with Crippen molar-refractivity contribution in [1.82, 2.24) is 10.2 Å². The number of nitrogens with one attached hydrogen (secondary N) is 2. The Kier molecular flexibility index (Phi) is 6.88. The summed E-state index contributed by atoms with van der Waals surface area (Å²) >= 11 is 0. The van der Waals surface area contributed by atoms with Gasteiger partial charge in [0.05, 0.1) is 5.57 Å².